The molecule has 14 heteroatoms. The van der Waals surface area contributed by atoms with Crippen LogP contribution in [0.25, 0.3) is 0 Å². The molecule has 3 aromatic rings. The van der Waals surface area contributed by atoms with Crippen LogP contribution in [0.1, 0.15) is 0 Å². The van der Waals surface area contributed by atoms with Crippen molar-refractivity contribution >= 4 is 48.1 Å². The van der Waals surface area contributed by atoms with Crippen LogP contribution in [0, 0.1) is 0 Å². The van der Waals surface area contributed by atoms with Crippen molar-refractivity contribution in [3.63, 3.8) is 0 Å². The first-order chi connectivity index (χ1) is 16.7. The number of sulfonamides is 2. The number of ether oxygens (including phenoxy) is 2. The molecule has 1 aliphatic heterocycles. The summed E-state index contributed by atoms with van der Waals surface area (Å²) in [6.45, 7) is 1.00. The normalized spacial score (nSPS) is 14.9. The van der Waals surface area contributed by atoms with Crippen molar-refractivity contribution in [3.05, 3.63) is 60.1 Å². The van der Waals surface area contributed by atoms with Gasteiger partial charge in [0.15, 0.2) is 11.7 Å². The molecule has 0 radical (unpaired) electrons. The molecule has 0 unspecified atom stereocenters. The van der Waals surface area contributed by atoms with Gasteiger partial charge in [-0.05, 0) is 48.5 Å². The highest BCUT2D eigenvalue weighted by Gasteiger charge is 2.26. The van der Waals surface area contributed by atoms with Gasteiger partial charge in [0.1, 0.15) is 5.75 Å². The summed E-state index contributed by atoms with van der Waals surface area (Å²) >= 11 is 1.16. The number of carbonyl (C=O) groups is 1. The molecule has 2 N–H and O–H groups in total. The zero-order valence-electron chi connectivity index (χ0n) is 18.3. The largest absolute Gasteiger partial charge is 0.484 e. The van der Waals surface area contributed by atoms with E-state index in [2.05, 4.69) is 15.0 Å². The standard InChI is InChI=1S/C21H22N4O7S3/c26-20(23-16-1-5-18(6-2-16)34(27,28)24-21-22-9-14-33-21)15-32-17-3-7-19(8-4-17)35(29,30)25-10-12-31-13-11-25/h1-9,14H,10-13,15H2,(H,22,24)(H,23,26). The summed E-state index contributed by atoms with van der Waals surface area (Å²) < 4.78 is 64.4. The fraction of sp³-hybridized carbons (Fsp3) is 0.238. The Morgan fingerprint density at radius 1 is 1.00 bits per heavy atom. The Balaban J connectivity index is 1.29. The van der Waals surface area contributed by atoms with E-state index in [0.717, 1.165) is 11.3 Å². The SMILES string of the molecule is O=C(COc1ccc(S(=O)(=O)N2CCOCC2)cc1)Nc1ccc(S(=O)(=O)Nc2nccs2)cc1. The molecule has 0 aliphatic carbocycles. The highest BCUT2D eigenvalue weighted by Crippen LogP contribution is 2.21. The Bertz CT molecular complexity index is 1350. The van der Waals surface area contributed by atoms with Crippen molar-refractivity contribution in [2.24, 2.45) is 0 Å². The fourth-order valence-electron chi connectivity index (χ4n) is 3.15. The number of hydrogen-bond acceptors (Lipinski definition) is 9. The minimum Gasteiger partial charge on any atom is -0.484 e. The molecule has 0 atom stereocenters. The van der Waals surface area contributed by atoms with Crippen LogP contribution >= 0.6 is 11.3 Å². The molecule has 35 heavy (non-hydrogen) atoms. The molecule has 2 aromatic carbocycles. The van der Waals surface area contributed by atoms with Gasteiger partial charge in [-0.1, -0.05) is 0 Å². The van der Waals surface area contributed by atoms with E-state index in [0.29, 0.717) is 37.7 Å². The summed E-state index contributed by atoms with van der Waals surface area (Å²) in [5.74, 6) is -0.137. The molecule has 186 valence electrons. The summed E-state index contributed by atoms with van der Waals surface area (Å²) in [4.78, 5) is 16.3. The summed E-state index contributed by atoms with van der Waals surface area (Å²) in [5, 5.41) is 4.52. The molecule has 1 saturated heterocycles. The summed E-state index contributed by atoms with van der Waals surface area (Å²) in [6.07, 6.45) is 1.49. The van der Waals surface area contributed by atoms with Gasteiger partial charge in [0.25, 0.3) is 15.9 Å². The monoisotopic (exact) mass is 538 g/mol. The van der Waals surface area contributed by atoms with Gasteiger partial charge in [0.05, 0.1) is 23.0 Å². The van der Waals surface area contributed by atoms with E-state index in [4.69, 9.17) is 9.47 Å². The molecule has 1 fully saturated rings. The maximum atomic E-state index is 12.7. The van der Waals surface area contributed by atoms with Crippen LogP contribution in [-0.2, 0) is 29.6 Å². The second-order valence-electron chi connectivity index (χ2n) is 7.29. The van der Waals surface area contributed by atoms with Gasteiger partial charge in [0, 0.05) is 30.4 Å². The van der Waals surface area contributed by atoms with E-state index in [-0.39, 0.29) is 21.5 Å². The van der Waals surface area contributed by atoms with Crippen molar-refractivity contribution in [3.8, 4) is 5.75 Å². The highest BCUT2D eigenvalue weighted by atomic mass is 32.2. The first-order valence-electron chi connectivity index (χ1n) is 10.4. The summed E-state index contributed by atoms with van der Waals surface area (Å²) in [7, 11) is -7.40. The lowest BCUT2D eigenvalue weighted by Crippen LogP contribution is -2.40. The predicted molar refractivity (Wildman–Crippen MR) is 130 cm³/mol. The van der Waals surface area contributed by atoms with Crippen LogP contribution in [0.2, 0.25) is 0 Å². The maximum Gasteiger partial charge on any atom is 0.263 e. The Labute approximate surface area is 206 Å². The molecule has 0 saturated carbocycles. The van der Waals surface area contributed by atoms with Crippen LogP contribution in [0.5, 0.6) is 5.75 Å². The van der Waals surface area contributed by atoms with E-state index < -0.39 is 26.0 Å². The van der Waals surface area contributed by atoms with Gasteiger partial charge in [-0.2, -0.15) is 4.31 Å². The Kier molecular flexibility index (Phi) is 7.66. The van der Waals surface area contributed by atoms with Crippen LogP contribution in [0.4, 0.5) is 10.8 Å². The maximum absolute atomic E-state index is 12.7. The van der Waals surface area contributed by atoms with E-state index in [1.165, 1.54) is 59.0 Å². The molecule has 0 spiro atoms. The van der Waals surface area contributed by atoms with Gasteiger partial charge in [-0.15, -0.1) is 11.3 Å². The van der Waals surface area contributed by atoms with Gasteiger partial charge in [-0.25, -0.2) is 21.8 Å². The molecular weight excluding hydrogens is 516 g/mol. The molecule has 0 bridgehead atoms. The summed E-state index contributed by atoms with van der Waals surface area (Å²) in [6, 6.07) is 11.5. The molecule has 1 amide bonds. The zero-order chi connectivity index (χ0) is 24.9. The van der Waals surface area contributed by atoms with E-state index in [1.807, 2.05) is 0 Å². The van der Waals surface area contributed by atoms with Gasteiger partial charge >= 0.3 is 0 Å². The lowest BCUT2D eigenvalue weighted by molar-refractivity contribution is -0.118. The highest BCUT2D eigenvalue weighted by molar-refractivity contribution is 7.93. The molecule has 1 aromatic heterocycles. The third-order valence-electron chi connectivity index (χ3n) is 4.90. The number of nitrogens with zero attached hydrogens (tertiary/aromatic N) is 2. The third kappa shape index (κ3) is 6.35. The lowest BCUT2D eigenvalue weighted by Gasteiger charge is -2.26. The van der Waals surface area contributed by atoms with Crippen molar-refractivity contribution in [2.75, 3.05) is 42.9 Å². The van der Waals surface area contributed by atoms with E-state index in [1.54, 1.807) is 5.38 Å². The first kappa shape index (κ1) is 25.1. The molecular formula is C21H22N4O7S3. The predicted octanol–water partition coefficient (Wildman–Crippen LogP) is 1.98. The number of morpholine rings is 1. The smallest absolute Gasteiger partial charge is 0.263 e. The fourth-order valence-corrected chi connectivity index (χ4v) is 6.35. The number of thiazole rings is 1. The Morgan fingerprint density at radius 3 is 2.29 bits per heavy atom. The molecule has 11 nitrogen and oxygen atoms in total. The van der Waals surface area contributed by atoms with Crippen molar-refractivity contribution in [1.29, 1.82) is 0 Å². The van der Waals surface area contributed by atoms with Gasteiger partial charge in [-0.3, -0.25) is 9.52 Å². The van der Waals surface area contributed by atoms with E-state index in [9.17, 15) is 21.6 Å². The second-order valence-corrected chi connectivity index (χ2v) is 11.8. The number of nitrogens with one attached hydrogen (secondary N) is 2. The number of anilines is 2. The van der Waals surface area contributed by atoms with Gasteiger partial charge in [0.2, 0.25) is 10.0 Å². The number of rotatable bonds is 9. The van der Waals surface area contributed by atoms with Crippen LogP contribution in [-0.4, -0.2) is 64.9 Å². The van der Waals surface area contributed by atoms with Gasteiger partial charge < -0.3 is 14.8 Å². The van der Waals surface area contributed by atoms with Crippen LogP contribution in [0.3, 0.4) is 0 Å². The number of amides is 1. The summed E-state index contributed by atoms with van der Waals surface area (Å²) in [5.41, 5.74) is 0.388. The molecule has 2 heterocycles. The average molecular weight is 539 g/mol. The molecule has 4 rings (SSSR count). The van der Waals surface area contributed by atoms with Crippen molar-refractivity contribution < 1.29 is 31.1 Å². The minimum atomic E-state index is -3.79. The second kappa shape index (κ2) is 10.7. The zero-order valence-corrected chi connectivity index (χ0v) is 20.7. The topological polar surface area (TPSA) is 144 Å². The number of aromatic nitrogens is 1. The lowest BCUT2D eigenvalue weighted by atomic mass is 10.3. The minimum absolute atomic E-state index is 0.0223. The quantitative estimate of drug-likeness (QED) is 0.421. The Morgan fingerprint density at radius 2 is 1.66 bits per heavy atom. The van der Waals surface area contributed by atoms with Crippen molar-refractivity contribution in [1.82, 2.24) is 9.29 Å². The Hall–Kier alpha value is -3.04. The van der Waals surface area contributed by atoms with E-state index >= 15 is 0 Å². The third-order valence-corrected chi connectivity index (χ3v) is 8.99. The van der Waals surface area contributed by atoms with Crippen LogP contribution in [0.15, 0.2) is 69.9 Å². The van der Waals surface area contributed by atoms with Crippen LogP contribution < -0.4 is 14.8 Å². The number of hydrogen-bond donors (Lipinski definition) is 2. The van der Waals surface area contributed by atoms with Crippen molar-refractivity contribution in [2.45, 2.75) is 9.79 Å². The average Bonchev–Trinajstić information content (AvgIpc) is 3.36. The number of carbonyl (C=O) groups excluding carboxylic acids is 1. The number of benzene rings is 2. The molecule has 1 aliphatic rings. The first-order valence-corrected chi connectivity index (χ1v) is 14.2.